The molecular formula is C22H19ClN2O3S. The number of hydrogen-bond donors (Lipinski definition) is 1. The number of rotatable bonds is 4. The Morgan fingerprint density at radius 2 is 1.76 bits per heavy atom. The predicted molar refractivity (Wildman–Crippen MR) is 115 cm³/mol. The van der Waals surface area contributed by atoms with Crippen LogP contribution in [0.25, 0.3) is 0 Å². The molecule has 3 aromatic rings. The number of halogens is 1. The molecule has 1 aliphatic rings. The van der Waals surface area contributed by atoms with Gasteiger partial charge in [0.25, 0.3) is 15.9 Å². The van der Waals surface area contributed by atoms with Crippen LogP contribution >= 0.6 is 11.6 Å². The second-order valence-electron chi connectivity index (χ2n) is 6.95. The Hall–Kier alpha value is -2.83. The van der Waals surface area contributed by atoms with E-state index in [1.54, 1.807) is 41.3 Å². The van der Waals surface area contributed by atoms with Crippen LogP contribution in [0.4, 0.5) is 11.4 Å². The number of benzene rings is 3. The summed E-state index contributed by atoms with van der Waals surface area (Å²) in [7, 11) is -3.79. The second kappa shape index (κ2) is 7.54. The Kier molecular flexibility index (Phi) is 5.06. The topological polar surface area (TPSA) is 66.5 Å². The van der Waals surface area contributed by atoms with Gasteiger partial charge in [-0.3, -0.25) is 9.52 Å². The lowest BCUT2D eigenvalue weighted by atomic mass is 10.1. The molecule has 0 radical (unpaired) electrons. The van der Waals surface area contributed by atoms with Crippen LogP contribution in [0.3, 0.4) is 0 Å². The molecule has 1 aliphatic heterocycles. The van der Waals surface area contributed by atoms with Crippen LogP contribution in [-0.4, -0.2) is 20.9 Å². The molecule has 7 heteroatoms. The van der Waals surface area contributed by atoms with Crippen molar-refractivity contribution in [1.82, 2.24) is 0 Å². The van der Waals surface area contributed by atoms with Gasteiger partial charge in [0.05, 0.1) is 15.6 Å². The number of sulfonamides is 1. The third-order valence-corrected chi connectivity index (χ3v) is 6.61. The average Bonchev–Trinajstić information content (AvgIpc) is 3.13. The number of hydrogen-bond acceptors (Lipinski definition) is 3. The second-order valence-corrected chi connectivity index (χ2v) is 9.04. The predicted octanol–water partition coefficient (Wildman–Crippen LogP) is 4.65. The number of para-hydroxylation sites is 1. The van der Waals surface area contributed by atoms with Crippen molar-refractivity contribution >= 4 is 38.9 Å². The largest absolute Gasteiger partial charge is 0.308 e. The van der Waals surface area contributed by atoms with Gasteiger partial charge >= 0.3 is 0 Å². The van der Waals surface area contributed by atoms with Crippen LogP contribution in [0.5, 0.6) is 0 Å². The fourth-order valence-electron chi connectivity index (χ4n) is 3.36. The number of aryl methyl sites for hydroxylation is 1. The maximum Gasteiger partial charge on any atom is 0.261 e. The molecule has 0 unspecified atom stereocenters. The first-order chi connectivity index (χ1) is 13.8. The van der Waals surface area contributed by atoms with E-state index in [1.165, 1.54) is 6.07 Å². The van der Waals surface area contributed by atoms with Crippen LogP contribution in [0.1, 0.15) is 21.5 Å². The molecule has 0 spiro atoms. The number of amides is 1. The van der Waals surface area contributed by atoms with Crippen LogP contribution < -0.4 is 9.62 Å². The van der Waals surface area contributed by atoms with E-state index < -0.39 is 10.0 Å². The summed E-state index contributed by atoms with van der Waals surface area (Å²) in [5, 5.41) is 0.326. The summed E-state index contributed by atoms with van der Waals surface area (Å²) >= 11 is 6.06. The van der Waals surface area contributed by atoms with Crippen molar-refractivity contribution in [2.75, 3.05) is 16.2 Å². The molecule has 5 nitrogen and oxygen atoms in total. The first kappa shape index (κ1) is 19.5. The minimum absolute atomic E-state index is 0.0893. The summed E-state index contributed by atoms with van der Waals surface area (Å²) in [5.74, 6) is -0.0893. The normalized spacial score (nSPS) is 13.2. The maximum absolute atomic E-state index is 12.9. The molecule has 148 valence electrons. The zero-order valence-electron chi connectivity index (χ0n) is 15.7. The van der Waals surface area contributed by atoms with Gasteiger partial charge in [0, 0.05) is 17.8 Å². The average molecular weight is 427 g/mol. The molecule has 0 fully saturated rings. The summed E-state index contributed by atoms with van der Waals surface area (Å²) < 4.78 is 28.1. The Morgan fingerprint density at radius 1 is 1.03 bits per heavy atom. The lowest BCUT2D eigenvalue weighted by molar-refractivity contribution is 0.0989. The van der Waals surface area contributed by atoms with Crippen LogP contribution in [0.15, 0.2) is 71.6 Å². The number of nitrogens with one attached hydrogen (secondary N) is 1. The highest BCUT2D eigenvalue weighted by Gasteiger charge is 2.27. The molecule has 1 amide bonds. The molecule has 0 bridgehead atoms. The Labute approximate surface area is 175 Å². The highest BCUT2D eigenvalue weighted by atomic mass is 35.5. The highest BCUT2D eigenvalue weighted by Crippen LogP contribution is 2.32. The smallest absolute Gasteiger partial charge is 0.261 e. The number of fused-ring (bicyclic) bond motifs is 1. The van der Waals surface area contributed by atoms with Crippen LogP contribution in [0, 0.1) is 6.92 Å². The van der Waals surface area contributed by atoms with Crippen molar-refractivity contribution in [1.29, 1.82) is 0 Å². The zero-order valence-corrected chi connectivity index (χ0v) is 17.3. The van der Waals surface area contributed by atoms with E-state index in [1.807, 2.05) is 31.2 Å². The number of anilines is 2. The fraction of sp³-hybridized carbons (Fsp3) is 0.136. The summed E-state index contributed by atoms with van der Waals surface area (Å²) in [6, 6.07) is 18.9. The molecule has 1 N–H and O–H groups in total. The van der Waals surface area contributed by atoms with Crippen LogP contribution in [0.2, 0.25) is 5.02 Å². The first-order valence-electron chi connectivity index (χ1n) is 9.14. The molecule has 1 heterocycles. The van der Waals surface area contributed by atoms with E-state index >= 15 is 0 Å². The van der Waals surface area contributed by atoms with E-state index in [2.05, 4.69) is 4.72 Å². The van der Waals surface area contributed by atoms with E-state index in [-0.39, 0.29) is 10.8 Å². The fourth-order valence-corrected chi connectivity index (χ4v) is 4.72. The summed E-state index contributed by atoms with van der Waals surface area (Å²) in [6.45, 7) is 2.49. The van der Waals surface area contributed by atoms with Crippen LogP contribution in [-0.2, 0) is 16.4 Å². The summed E-state index contributed by atoms with van der Waals surface area (Å²) in [5.41, 5.74) is 3.59. The zero-order chi connectivity index (χ0) is 20.6. The molecule has 0 aliphatic carbocycles. The Morgan fingerprint density at radius 3 is 2.48 bits per heavy atom. The van der Waals surface area contributed by atoms with E-state index in [9.17, 15) is 13.2 Å². The van der Waals surface area contributed by atoms with Gasteiger partial charge in [-0.1, -0.05) is 41.4 Å². The van der Waals surface area contributed by atoms with Gasteiger partial charge in [0.1, 0.15) is 0 Å². The molecule has 29 heavy (non-hydrogen) atoms. The van der Waals surface area contributed by atoms with Crippen molar-refractivity contribution < 1.29 is 13.2 Å². The molecule has 0 aromatic heterocycles. The number of nitrogens with zero attached hydrogens (tertiary/aromatic N) is 1. The Bertz CT molecular complexity index is 1190. The minimum Gasteiger partial charge on any atom is -0.308 e. The molecule has 0 saturated heterocycles. The van der Waals surface area contributed by atoms with Gasteiger partial charge in [0.15, 0.2) is 0 Å². The summed E-state index contributed by atoms with van der Waals surface area (Å²) in [6.07, 6.45) is 0.600. The van der Waals surface area contributed by atoms with E-state index in [0.717, 1.165) is 16.8 Å². The van der Waals surface area contributed by atoms with E-state index in [4.69, 9.17) is 11.6 Å². The first-order valence-corrected chi connectivity index (χ1v) is 11.0. The van der Waals surface area contributed by atoms with Crippen molar-refractivity contribution in [2.45, 2.75) is 18.2 Å². The van der Waals surface area contributed by atoms with Crippen molar-refractivity contribution in [3.05, 3.63) is 88.4 Å². The van der Waals surface area contributed by atoms with Gasteiger partial charge in [-0.25, -0.2) is 8.42 Å². The van der Waals surface area contributed by atoms with Gasteiger partial charge in [-0.05, 0) is 61.4 Å². The van der Waals surface area contributed by atoms with Gasteiger partial charge in [-0.15, -0.1) is 0 Å². The summed E-state index contributed by atoms with van der Waals surface area (Å²) in [4.78, 5) is 14.7. The van der Waals surface area contributed by atoms with Gasteiger partial charge in [0.2, 0.25) is 0 Å². The monoisotopic (exact) mass is 426 g/mol. The lowest BCUT2D eigenvalue weighted by Gasteiger charge is -2.18. The van der Waals surface area contributed by atoms with Crippen molar-refractivity contribution in [3.63, 3.8) is 0 Å². The molecule has 3 aromatic carbocycles. The minimum atomic E-state index is -3.79. The molecule has 4 rings (SSSR count). The lowest BCUT2D eigenvalue weighted by Crippen LogP contribution is -2.28. The quantitative estimate of drug-likeness (QED) is 0.660. The number of carbonyl (C=O) groups is 1. The van der Waals surface area contributed by atoms with E-state index in [0.29, 0.717) is 29.2 Å². The highest BCUT2D eigenvalue weighted by molar-refractivity contribution is 7.92. The van der Waals surface area contributed by atoms with Crippen molar-refractivity contribution in [3.8, 4) is 0 Å². The Balaban J connectivity index is 1.60. The van der Waals surface area contributed by atoms with Crippen molar-refractivity contribution in [2.24, 2.45) is 0 Å². The van der Waals surface area contributed by atoms with Gasteiger partial charge in [-0.2, -0.15) is 0 Å². The SMILES string of the molecule is Cc1ccc(C(=O)N2CCc3cc(S(=O)(=O)Nc4ccccc4Cl)ccc32)cc1. The maximum atomic E-state index is 12.9. The third kappa shape index (κ3) is 3.86. The molecular weight excluding hydrogens is 408 g/mol. The standard InChI is InChI=1S/C22H19ClN2O3S/c1-15-6-8-16(9-7-15)22(26)25-13-12-17-14-18(10-11-21(17)25)29(27,28)24-20-5-3-2-4-19(20)23/h2-11,14,24H,12-13H2,1H3. The molecule has 0 saturated carbocycles. The number of carbonyl (C=O) groups excluding carboxylic acids is 1. The van der Waals surface area contributed by atoms with Gasteiger partial charge < -0.3 is 4.90 Å². The molecule has 0 atom stereocenters. The third-order valence-electron chi connectivity index (χ3n) is 4.92.